The van der Waals surface area contributed by atoms with Crippen LogP contribution < -0.4 is 5.32 Å². The van der Waals surface area contributed by atoms with E-state index in [2.05, 4.69) is 10.4 Å². The summed E-state index contributed by atoms with van der Waals surface area (Å²) >= 11 is 1.60. The van der Waals surface area contributed by atoms with Gasteiger partial charge in [0.15, 0.2) is 0 Å². The van der Waals surface area contributed by atoms with Crippen LogP contribution in [0, 0.1) is 0 Å². The summed E-state index contributed by atoms with van der Waals surface area (Å²) in [5, 5.41) is 7.40. The lowest BCUT2D eigenvalue weighted by Crippen LogP contribution is -2.40. The highest BCUT2D eigenvalue weighted by molar-refractivity contribution is 7.98. The van der Waals surface area contributed by atoms with Crippen molar-refractivity contribution in [3.63, 3.8) is 0 Å². The van der Waals surface area contributed by atoms with Gasteiger partial charge in [-0.15, -0.1) is 11.8 Å². The zero-order valence-corrected chi connectivity index (χ0v) is 12.2. The number of aromatic nitrogens is 2. The normalized spacial score (nSPS) is 17.6. The average molecular weight is 287 g/mol. The summed E-state index contributed by atoms with van der Waals surface area (Å²) in [6, 6.07) is 9.95. The first-order valence-electron chi connectivity index (χ1n) is 6.72. The maximum atomic E-state index is 12.4. The predicted molar refractivity (Wildman–Crippen MR) is 80.0 cm³/mol. The number of benzene rings is 1. The molecule has 1 aromatic carbocycles. The van der Waals surface area contributed by atoms with Gasteiger partial charge in [0.05, 0.1) is 5.56 Å². The predicted octanol–water partition coefficient (Wildman–Crippen LogP) is 2.35. The minimum absolute atomic E-state index is 0.0212. The number of fused-ring (bicyclic) bond motifs is 1. The van der Waals surface area contributed by atoms with Gasteiger partial charge in [-0.2, -0.15) is 5.10 Å². The Labute approximate surface area is 122 Å². The van der Waals surface area contributed by atoms with Gasteiger partial charge in [0.1, 0.15) is 0 Å². The highest BCUT2D eigenvalue weighted by atomic mass is 32.2. The molecule has 1 N–H and O–H groups in total. The van der Waals surface area contributed by atoms with Gasteiger partial charge in [-0.05, 0) is 30.9 Å². The van der Waals surface area contributed by atoms with Crippen LogP contribution in [0.5, 0.6) is 0 Å². The quantitative estimate of drug-likeness (QED) is 0.882. The Morgan fingerprint density at radius 2 is 2.25 bits per heavy atom. The molecule has 3 rings (SSSR count). The molecule has 4 nitrogen and oxygen atoms in total. The van der Waals surface area contributed by atoms with Gasteiger partial charge in [-0.25, -0.2) is 0 Å². The Morgan fingerprint density at radius 3 is 3.10 bits per heavy atom. The summed E-state index contributed by atoms with van der Waals surface area (Å²) in [4.78, 5) is 13.4. The molecule has 104 valence electrons. The molecule has 1 atom stereocenters. The zero-order chi connectivity index (χ0) is 13.9. The number of aryl methyl sites for hydroxylation is 1. The Morgan fingerprint density at radius 1 is 1.40 bits per heavy atom. The van der Waals surface area contributed by atoms with Gasteiger partial charge < -0.3 is 5.32 Å². The van der Waals surface area contributed by atoms with Crippen molar-refractivity contribution in [2.24, 2.45) is 0 Å². The van der Waals surface area contributed by atoms with Crippen molar-refractivity contribution in [3.05, 3.63) is 47.8 Å². The smallest absolute Gasteiger partial charge is 0.252 e. The molecule has 1 aromatic heterocycles. The van der Waals surface area contributed by atoms with Crippen LogP contribution in [-0.2, 0) is 13.0 Å². The Balaban J connectivity index is 1.71. The summed E-state index contributed by atoms with van der Waals surface area (Å²) in [7, 11) is 0. The van der Waals surface area contributed by atoms with E-state index >= 15 is 0 Å². The molecule has 20 heavy (non-hydrogen) atoms. The molecular weight excluding hydrogens is 270 g/mol. The van der Waals surface area contributed by atoms with E-state index in [1.807, 2.05) is 47.5 Å². The molecule has 1 aliphatic heterocycles. The fourth-order valence-corrected chi connectivity index (χ4v) is 3.18. The highest BCUT2D eigenvalue weighted by Crippen LogP contribution is 2.20. The number of nitrogens with one attached hydrogen (secondary N) is 1. The van der Waals surface area contributed by atoms with E-state index in [1.165, 1.54) is 5.69 Å². The molecule has 0 aliphatic carbocycles. The topological polar surface area (TPSA) is 46.9 Å². The number of hydrogen-bond acceptors (Lipinski definition) is 3. The summed E-state index contributed by atoms with van der Waals surface area (Å²) in [5.74, 6) is 0.0212. The van der Waals surface area contributed by atoms with Crippen molar-refractivity contribution < 1.29 is 4.79 Å². The summed E-state index contributed by atoms with van der Waals surface area (Å²) in [6.45, 7) is 0.872. The van der Waals surface area contributed by atoms with E-state index in [9.17, 15) is 4.79 Å². The van der Waals surface area contributed by atoms with Crippen LogP contribution >= 0.6 is 11.8 Å². The van der Waals surface area contributed by atoms with E-state index in [4.69, 9.17) is 0 Å². The zero-order valence-electron chi connectivity index (χ0n) is 11.4. The lowest BCUT2D eigenvalue weighted by atomic mass is 10.0. The maximum absolute atomic E-state index is 12.4. The SMILES string of the molecule is CSc1ccccc1C(=O)N[C@H]1CCn2nccc2C1. The van der Waals surface area contributed by atoms with Crippen molar-refractivity contribution in [2.75, 3.05) is 6.26 Å². The van der Waals surface area contributed by atoms with E-state index in [0.29, 0.717) is 0 Å². The van der Waals surface area contributed by atoms with E-state index in [0.717, 1.165) is 29.8 Å². The molecule has 0 spiro atoms. The fourth-order valence-electron chi connectivity index (χ4n) is 2.59. The van der Waals surface area contributed by atoms with Crippen LogP contribution in [0.2, 0.25) is 0 Å². The second-order valence-corrected chi connectivity index (χ2v) is 5.76. The second-order valence-electron chi connectivity index (χ2n) is 4.91. The monoisotopic (exact) mass is 287 g/mol. The summed E-state index contributed by atoms with van der Waals surface area (Å²) in [5.41, 5.74) is 1.96. The van der Waals surface area contributed by atoms with Crippen molar-refractivity contribution >= 4 is 17.7 Å². The van der Waals surface area contributed by atoms with Gasteiger partial charge in [0.25, 0.3) is 5.91 Å². The molecule has 2 aromatic rings. The van der Waals surface area contributed by atoms with Crippen LogP contribution in [0.25, 0.3) is 0 Å². The van der Waals surface area contributed by atoms with Crippen molar-refractivity contribution in [1.29, 1.82) is 0 Å². The van der Waals surface area contributed by atoms with Crippen LogP contribution in [0.1, 0.15) is 22.5 Å². The molecule has 0 saturated carbocycles. The fraction of sp³-hybridized carbons (Fsp3) is 0.333. The maximum Gasteiger partial charge on any atom is 0.252 e. The Kier molecular flexibility index (Phi) is 3.78. The lowest BCUT2D eigenvalue weighted by Gasteiger charge is -2.24. The molecule has 0 radical (unpaired) electrons. The molecule has 0 fully saturated rings. The molecular formula is C15H17N3OS. The number of amides is 1. The first kappa shape index (κ1) is 13.2. The molecule has 0 unspecified atom stereocenters. The van der Waals surface area contributed by atoms with Crippen molar-refractivity contribution in [3.8, 4) is 0 Å². The molecule has 1 amide bonds. The third-order valence-electron chi connectivity index (χ3n) is 3.64. The van der Waals surface area contributed by atoms with Gasteiger partial charge in [0, 0.05) is 35.8 Å². The first-order chi connectivity index (χ1) is 9.78. The summed E-state index contributed by atoms with van der Waals surface area (Å²) < 4.78 is 2.01. The number of hydrogen-bond donors (Lipinski definition) is 1. The number of nitrogens with zero attached hydrogens (tertiary/aromatic N) is 2. The Hall–Kier alpha value is -1.75. The minimum atomic E-state index is 0.0212. The number of carbonyl (C=O) groups is 1. The molecule has 5 heteroatoms. The van der Waals surface area contributed by atoms with Crippen LogP contribution in [0.3, 0.4) is 0 Å². The number of thioether (sulfide) groups is 1. The van der Waals surface area contributed by atoms with Crippen LogP contribution in [0.15, 0.2) is 41.4 Å². The molecule has 2 heterocycles. The van der Waals surface area contributed by atoms with Crippen LogP contribution in [-0.4, -0.2) is 28.0 Å². The standard InChI is InChI=1S/C15H17N3OS/c1-20-14-5-3-2-4-13(14)15(19)17-11-7-9-18-12(10-11)6-8-16-18/h2-6,8,11H,7,9-10H2,1H3,(H,17,19)/t11-/m0/s1. The number of rotatable bonds is 3. The first-order valence-corrected chi connectivity index (χ1v) is 7.95. The average Bonchev–Trinajstić information content (AvgIpc) is 2.94. The third kappa shape index (κ3) is 2.58. The van der Waals surface area contributed by atoms with E-state index in [1.54, 1.807) is 11.8 Å². The van der Waals surface area contributed by atoms with Gasteiger partial charge in [-0.3, -0.25) is 9.48 Å². The van der Waals surface area contributed by atoms with Crippen molar-refractivity contribution in [2.45, 2.75) is 30.3 Å². The molecule has 1 aliphatic rings. The van der Waals surface area contributed by atoms with Crippen LogP contribution in [0.4, 0.5) is 0 Å². The highest BCUT2D eigenvalue weighted by Gasteiger charge is 2.21. The van der Waals surface area contributed by atoms with Gasteiger partial charge in [0.2, 0.25) is 0 Å². The van der Waals surface area contributed by atoms with E-state index in [-0.39, 0.29) is 11.9 Å². The third-order valence-corrected chi connectivity index (χ3v) is 4.43. The number of carbonyl (C=O) groups excluding carboxylic acids is 1. The lowest BCUT2D eigenvalue weighted by molar-refractivity contribution is 0.0927. The Bertz CT molecular complexity index is 623. The van der Waals surface area contributed by atoms with Gasteiger partial charge >= 0.3 is 0 Å². The summed E-state index contributed by atoms with van der Waals surface area (Å²) in [6.07, 6.45) is 5.60. The molecule has 0 saturated heterocycles. The largest absolute Gasteiger partial charge is 0.349 e. The minimum Gasteiger partial charge on any atom is -0.349 e. The van der Waals surface area contributed by atoms with Crippen molar-refractivity contribution in [1.82, 2.24) is 15.1 Å². The van der Waals surface area contributed by atoms with Gasteiger partial charge in [-0.1, -0.05) is 12.1 Å². The van der Waals surface area contributed by atoms with E-state index < -0.39 is 0 Å². The second kappa shape index (κ2) is 5.71. The molecule has 0 bridgehead atoms.